The number of β-amino-alcohol motifs (C(OH)–C–C–N with tert-alkyl or cyclic N) is 1. The van der Waals surface area contributed by atoms with Crippen molar-refractivity contribution < 1.29 is 9.90 Å². The Kier molecular flexibility index (Phi) is 3.67. The van der Waals surface area contributed by atoms with Gasteiger partial charge in [-0.15, -0.1) is 0 Å². The predicted octanol–water partition coefficient (Wildman–Crippen LogP) is 0.493. The van der Waals surface area contributed by atoms with Gasteiger partial charge in [0.15, 0.2) is 0 Å². The van der Waals surface area contributed by atoms with Crippen LogP contribution in [0.2, 0.25) is 0 Å². The molecule has 2 aliphatic rings. The molecule has 0 bridgehead atoms. The average Bonchev–Trinajstić information content (AvgIpc) is 3.21. The van der Waals surface area contributed by atoms with Gasteiger partial charge in [-0.2, -0.15) is 0 Å². The molecule has 6 heteroatoms. The van der Waals surface area contributed by atoms with Crippen molar-refractivity contribution in [1.82, 2.24) is 19.8 Å². The van der Waals surface area contributed by atoms with Gasteiger partial charge in [0.05, 0.1) is 17.7 Å². The number of nitrogens with zero attached hydrogens (tertiary/aromatic N) is 4. The third-order valence-electron chi connectivity index (χ3n) is 4.09. The molecule has 1 aliphatic heterocycles. The first-order valence-electron chi connectivity index (χ1n) is 7.45. The van der Waals surface area contributed by atoms with E-state index in [1.54, 1.807) is 17.3 Å². The Labute approximate surface area is 124 Å². The highest BCUT2D eigenvalue weighted by Gasteiger charge is 2.39. The lowest BCUT2D eigenvalue weighted by atomic mass is 10.0. The SMILES string of the molecule is CN(C)C[C@@]1(O)CCN(C(=O)c2cnc(C3CC3)nc2)C1. The first kappa shape index (κ1) is 14.4. The first-order chi connectivity index (χ1) is 9.97. The number of aliphatic hydroxyl groups is 1. The number of carbonyl (C=O) groups excluding carboxylic acids is 1. The second-order valence-corrected chi connectivity index (χ2v) is 6.54. The van der Waals surface area contributed by atoms with Gasteiger partial charge in [0.1, 0.15) is 5.82 Å². The molecule has 2 fully saturated rings. The van der Waals surface area contributed by atoms with E-state index in [9.17, 15) is 9.90 Å². The number of aromatic nitrogens is 2. The van der Waals surface area contributed by atoms with Crippen LogP contribution in [0.25, 0.3) is 0 Å². The molecule has 1 saturated carbocycles. The van der Waals surface area contributed by atoms with E-state index in [1.165, 1.54) is 0 Å². The molecular formula is C15H22N4O2. The van der Waals surface area contributed by atoms with Gasteiger partial charge in [0.25, 0.3) is 5.91 Å². The average molecular weight is 290 g/mol. The van der Waals surface area contributed by atoms with Crippen molar-refractivity contribution >= 4 is 5.91 Å². The zero-order chi connectivity index (χ0) is 15.0. The number of likely N-dealkylation sites (N-methyl/N-ethyl adjacent to an activating group) is 1. The minimum Gasteiger partial charge on any atom is -0.387 e. The number of carbonyl (C=O) groups is 1. The fourth-order valence-electron chi connectivity index (χ4n) is 2.93. The van der Waals surface area contributed by atoms with E-state index in [4.69, 9.17) is 0 Å². The van der Waals surface area contributed by atoms with Crippen LogP contribution in [-0.4, -0.2) is 70.1 Å². The molecule has 21 heavy (non-hydrogen) atoms. The number of amides is 1. The van der Waals surface area contributed by atoms with Crippen molar-refractivity contribution in [2.75, 3.05) is 33.7 Å². The summed E-state index contributed by atoms with van der Waals surface area (Å²) in [6.45, 7) is 1.51. The molecule has 1 saturated heterocycles. The lowest BCUT2D eigenvalue weighted by Gasteiger charge is -2.26. The predicted molar refractivity (Wildman–Crippen MR) is 78.0 cm³/mol. The molecule has 2 heterocycles. The molecule has 0 aromatic carbocycles. The summed E-state index contributed by atoms with van der Waals surface area (Å²) in [5, 5.41) is 10.5. The van der Waals surface area contributed by atoms with Gasteiger partial charge >= 0.3 is 0 Å². The van der Waals surface area contributed by atoms with Gasteiger partial charge in [0, 0.05) is 31.4 Å². The van der Waals surface area contributed by atoms with E-state index >= 15 is 0 Å². The molecule has 1 amide bonds. The van der Waals surface area contributed by atoms with Gasteiger partial charge in [0.2, 0.25) is 0 Å². The lowest BCUT2D eigenvalue weighted by molar-refractivity contribution is 0.0236. The minimum atomic E-state index is -0.812. The summed E-state index contributed by atoms with van der Waals surface area (Å²) in [7, 11) is 3.85. The zero-order valence-corrected chi connectivity index (χ0v) is 12.6. The second-order valence-electron chi connectivity index (χ2n) is 6.54. The Morgan fingerprint density at radius 1 is 1.43 bits per heavy atom. The normalized spacial score (nSPS) is 25.6. The molecule has 0 radical (unpaired) electrons. The highest BCUT2D eigenvalue weighted by molar-refractivity contribution is 5.93. The standard InChI is InChI=1S/C15H22N4O2/c1-18(2)9-15(21)5-6-19(10-15)14(20)12-7-16-13(17-8-12)11-3-4-11/h7-8,11,21H,3-6,9-10H2,1-2H3/t15-/m0/s1. The van der Waals surface area contributed by atoms with Crippen LogP contribution >= 0.6 is 0 Å². The maximum atomic E-state index is 12.4. The van der Waals surface area contributed by atoms with Gasteiger partial charge in [-0.25, -0.2) is 9.97 Å². The maximum Gasteiger partial charge on any atom is 0.257 e. The van der Waals surface area contributed by atoms with Gasteiger partial charge in [-0.1, -0.05) is 0 Å². The van der Waals surface area contributed by atoms with Crippen LogP contribution in [0.3, 0.4) is 0 Å². The smallest absolute Gasteiger partial charge is 0.257 e. The van der Waals surface area contributed by atoms with E-state index in [-0.39, 0.29) is 5.91 Å². The van der Waals surface area contributed by atoms with E-state index in [0.29, 0.717) is 37.5 Å². The van der Waals surface area contributed by atoms with E-state index < -0.39 is 5.60 Å². The molecule has 1 atom stereocenters. The van der Waals surface area contributed by atoms with E-state index in [1.807, 2.05) is 19.0 Å². The molecule has 1 N–H and O–H groups in total. The molecule has 114 valence electrons. The number of likely N-dealkylation sites (tertiary alicyclic amines) is 1. The molecule has 6 nitrogen and oxygen atoms in total. The van der Waals surface area contributed by atoms with Crippen molar-refractivity contribution in [2.24, 2.45) is 0 Å². The summed E-state index contributed by atoms with van der Waals surface area (Å²) in [6, 6.07) is 0. The van der Waals surface area contributed by atoms with Crippen molar-refractivity contribution in [3.63, 3.8) is 0 Å². The van der Waals surface area contributed by atoms with E-state index in [2.05, 4.69) is 9.97 Å². The van der Waals surface area contributed by atoms with Gasteiger partial charge < -0.3 is 14.9 Å². The Morgan fingerprint density at radius 2 is 2.10 bits per heavy atom. The van der Waals surface area contributed by atoms with Crippen LogP contribution in [0.1, 0.15) is 41.4 Å². The fourth-order valence-corrected chi connectivity index (χ4v) is 2.93. The second kappa shape index (κ2) is 5.35. The molecule has 1 aromatic rings. The number of hydrogen-bond acceptors (Lipinski definition) is 5. The van der Waals surface area contributed by atoms with Crippen LogP contribution in [0.4, 0.5) is 0 Å². The van der Waals surface area contributed by atoms with Crippen LogP contribution in [0, 0.1) is 0 Å². The van der Waals surface area contributed by atoms with E-state index in [0.717, 1.165) is 18.7 Å². The topological polar surface area (TPSA) is 69.6 Å². The Bertz CT molecular complexity index is 527. The summed E-state index contributed by atoms with van der Waals surface area (Å²) < 4.78 is 0. The summed E-state index contributed by atoms with van der Waals surface area (Å²) in [5.74, 6) is 1.25. The lowest BCUT2D eigenvalue weighted by Crippen LogP contribution is -2.43. The van der Waals surface area contributed by atoms with Crippen molar-refractivity contribution in [1.29, 1.82) is 0 Å². The van der Waals surface area contributed by atoms with Crippen molar-refractivity contribution in [2.45, 2.75) is 30.8 Å². The largest absolute Gasteiger partial charge is 0.387 e. The molecule has 3 rings (SSSR count). The van der Waals surface area contributed by atoms with Gasteiger partial charge in [-0.3, -0.25) is 4.79 Å². The minimum absolute atomic E-state index is 0.0907. The Morgan fingerprint density at radius 3 is 2.67 bits per heavy atom. The van der Waals surface area contributed by atoms with Gasteiger partial charge in [-0.05, 0) is 33.4 Å². The molecule has 0 unspecified atom stereocenters. The molecular weight excluding hydrogens is 268 g/mol. The molecule has 1 aliphatic carbocycles. The zero-order valence-electron chi connectivity index (χ0n) is 12.6. The monoisotopic (exact) mass is 290 g/mol. The van der Waals surface area contributed by atoms with Crippen LogP contribution in [-0.2, 0) is 0 Å². The quantitative estimate of drug-likeness (QED) is 0.874. The summed E-state index contributed by atoms with van der Waals surface area (Å²) in [5.41, 5.74) is -0.304. The van der Waals surface area contributed by atoms with Crippen LogP contribution < -0.4 is 0 Å². The third kappa shape index (κ3) is 3.22. The van der Waals surface area contributed by atoms with Crippen molar-refractivity contribution in [3.8, 4) is 0 Å². The highest BCUT2D eigenvalue weighted by Crippen LogP contribution is 2.37. The molecule has 0 spiro atoms. The number of rotatable bonds is 4. The maximum absolute atomic E-state index is 12.4. The molecule has 1 aromatic heterocycles. The number of hydrogen-bond donors (Lipinski definition) is 1. The summed E-state index contributed by atoms with van der Waals surface area (Å²) in [6.07, 6.45) is 6.14. The fraction of sp³-hybridized carbons (Fsp3) is 0.667. The van der Waals surface area contributed by atoms with Crippen LogP contribution in [0.5, 0.6) is 0 Å². The first-order valence-corrected chi connectivity index (χ1v) is 7.45. The highest BCUT2D eigenvalue weighted by atomic mass is 16.3. The van der Waals surface area contributed by atoms with Crippen molar-refractivity contribution in [3.05, 3.63) is 23.8 Å². The Balaban J connectivity index is 1.65. The summed E-state index contributed by atoms with van der Waals surface area (Å²) >= 11 is 0. The third-order valence-corrected chi connectivity index (χ3v) is 4.09. The van der Waals surface area contributed by atoms with Crippen LogP contribution in [0.15, 0.2) is 12.4 Å². The summed E-state index contributed by atoms with van der Waals surface area (Å²) in [4.78, 5) is 24.7. The Hall–Kier alpha value is -1.53.